The number of hydrogen-bond acceptors (Lipinski definition) is 3. The lowest BCUT2D eigenvalue weighted by Gasteiger charge is -2.36. The molecule has 0 aromatic rings. The lowest BCUT2D eigenvalue weighted by molar-refractivity contribution is -0.123. The van der Waals surface area contributed by atoms with Crippen molar-refractivity contribution < 1.29 is 9.59 Å². The van der Waals surface area contributed by atoms with Crippen molar-refractivity contribution in [3.63, 3.8) is 0 Å². The summed E-state index contributed by atoms with van der Waals surface area (Å²) in [6.07, 6.45) is 4.12. The number of piperidine rings is 1. The molecule has 0 unspecified atom stereocenters. The molecule has 2 N–H and O–H groups in total. The molecule has 3 amide bonds. The molecule has 0 aliphatic carbocycles. The molecule has 2 aliphatic rings. The number of urea groups is 1. The topological polar surface area (TPSA) is 64.7 Å². The molecule has 0 aromatic heterocycles. The van der Waals surface area contributed by atoms with Crippen LogP contribution in [0.1, 0.15) is 39.5 Å². The summed E-state index contributed by atoms with van der Waals surface area (Å²) in [6.45, 7) is 8.74. The monoisotopic (exact) mass is 310 g/mol. The van der Waals surface area contributed by atoms with E-state index in [0.29, 0.717) is 12.5 Å². The summed E-state index contributed by atoms with van der Waals surface area (Å²) in [5, 5.41) is 6.28. The lowest BCUT2D eigenvalue weighted by atomic mass is 9.98. The molecule has 0 aromatic carbocycles. The van der Waals surface area contributed by atoms with Crippen LogP contribution in [0, 0.1) is 5.92 Å². The zero-order valence-corrected chi connectivity index (χ0v) is 13.9. The van der Waals surface area contributed by atoms with Crippen LogP contribution in [-0.4, -0.2) is 67.0 Å². The van der Waals surface area contributed by atoms with E-state index < -0.39 is 0 Å². The normalized spacial score (nSPS) is 25.1. The van der Waals surface area contributed by atoms with E-state index in [1.54, 1.807) is 0 Å². The lowest BCUT2D eigenvalue weighted by Crippen LogP contribution is -2.50. The third-order valence-corrected chi connectivity index (χ3v) is 4.77. The van der Waals surface area contributed by atoms with Gasteiger partial charge in [0.25, 0.3) is 0 Å². The second-order valence-electron chi connectivity index (χ2n) is 6.30. The van der Waals surface area contributed by atoms with Gasteiger partial charge in [-0.2, -0.15) is 0 Å². The largest absolute Gasteiger partial charge is 0.354 e. The fourth-order valence-electron chi connectivity index (χ4n) is 3.38. The zero-order valence-electron chi connectivity index (χ0n) is 13.9. The van der Waals surface area contributed by atoms with E-state index in [1.165, 1.54) is 0 Å². The number of likely N-dealkylation sites (tertiary alicyclic amines) is 1. The van der Waals surface area contributed by atoms with Crippen LogP contribution in [0.15, 0.2) is 0 Å². The Balaban J connectivity index is 1.77. The molecular formula is C16H30N4O2. The molecule has 126 valence electrons. The molecule has 0 bridgehead atoms. The molecule has 2 aliphatic heterocycles. The van der Waals surface area contributed by atoms with Gasteiger partial charge in [-0.15, -0.1) is 0 Å². The van der Waals surface area contributed by atoms with Crippen LogP contribution in [0.4, 0.5) is 4.79 Å². The fourth-order valence-corrected chi connectivity index (χ4v) is 3.38. The maximum atomic E-state index is 12.4. The maximum Gasteiger partial charge on any atom is 0.319 e. The molecule has 6 nitrogen and oxygen atoms in total. The summed E-state index contributed by atoms with van der Waals surface area (Å²) in [5.74, 6) is 0.489. The first-order chi connectivity index (χ1) is 10.7. The average molecular weight is 310 g/mol. The van der Waals surface area contributed by atoms with E-state index in [2.05, 4.69) is 10.6 Å². The van der Waals surface area contributed by atoms with E-state index in [4.69, 9.17) is 0 Å². The molecule has 2 saturated heterocycles. The highest BCUT2D eigenvalue weighted by atomic mass is 16.2. The summed E-state index contributed by atoms with van der Waals surface area (Å²) < 4.78 is 0. The van der Waals surface area contributed by atoms with E-state index >= 15 is 0 Å². The number of nitrogens with zero attached hydrogens (tertiary/aromatic N) is 2. The zero-order chi connectivity index (χ0) is 15.9. The number of rotatable bonds is 5. The fraction of sp³-hybridized carbons (Fsp3) is 0.875. The van der Waals surface area contributed by atoms with E-state index in [0.717, 1.165) is 58.4 Å². The third-order valence-electron chi connectivity index (χ3n) is 4.77. The van der Waals surface area contributed by atoms with E-state index in [1.807, 2.05) is 23.6 Å². The minimum absolute atomic E-state index is 0.0167. The number of carbonyl (C=O) groups excluding carboxylic acids is 2. The van der Waals surface area contributed by atoms with Crippen LogP contribution in [0.5, 0.6) is 0 Å². The molecule has 2 rings (SSSR count). The van der Waals surface area contributed by atoms with E-state index in [-0.39, 0.29) is 18.0 Å². The van der Waals surface area contributed by atoms with Gasteiger partial charge in [0.2, 0.25) is 5.91 Å². The standard InChI is InChI=1S/C16H30N4O2/c1-3-19(4-2)16(22)20-10-6-7-13(12-20)11-18-15(21)14-8-5-9-17-14/h13-14,17H,3-12H2,1-2H3,(H,18,21)/t13-,14-/m1/s1. The first kappa shape index (κ1) is 17.1. The van der Waals surface area contributed by atoms with Gasteiger partial charge in [0, 0.05) is 32.7 Å². The Hall–Kier alpha value is -1.30. The highest BCUT2D eigenvalue weighted by Gasteiger charge is 2.27. The smallest absolute Gasteiger partial charge is 0.319 e. The van der Waals surface area contributed by atoms with Crippen molar-refractivity contribution in [2.45, 2.75) is 45.6 Å². The predicted octanol–water partition coefficient (Wildman–Crippen LogP) is 1.03. The molecule has 2 atom stereocenters. The van der Waals surface area contributed by atoms with Gasteiger partial charge < -0.3 is 20.4 Å². The highest BCUT2D eigenvalue weighted by molar-refractivity contribution is 5.82. The van der Waals surface area contributed by atoms with Crippen molar-refractivity contribution in [2.75, 3.05) is 39.3 Å². The summed E-state index contributed by atoms with van der Waals surface area (Å²) in [6, 6.07) is 0.121. The Morgan fingerprint density at radius 2 is 2.00 bits per heavy atom. The van der Waals surface area contributed by atoms with Crippen LogP contribution in [-0.2, 0) is 4.79 Å². The van der Waals surface area contributed by atoms with Crippen LogP contribution in [0.3, 0.4) is 0 Å². The summed E-state index contributed by atoms with van der Waals surface area (Å²) >= 11 is 0. The molecule has 2 fully saturated rings. The van der Waals surface area contributed by atoms with Gasteiger partial charge in [-0.1, -0.05) is 0 Å². The molecular weight excluding hydrogens is 280 g/mol. The Kier molecular flexibility index (Phi) is 6.49. The van der Waals surface area contributed by atoms with Gasteiger partial charge in [0.15, 0.2) is 0 Å². The van der Waals surface area contributed by atoms with E-state index in [9.17, 15) is 9.59 Å². The van der Waals surface area contributed by atoms with Crippen LogP contribution < -0.4 is 10.6 Å². The maximum absolute atomic E-state index is 12.4. The second kappa shape index (κ2) is 8.36. The average Bonchev–Trinajstić information content (AvgIpc) is 3.08. The van der Waals surface area contributed by atoms with Gasteiger partial charge in [-0.05, 0) is 52.0 Å². The number of amides is 3. The molecule has 0 spiro atoms. The van der Waals surface area contributed by atoms with Crippen LogP contribution >= 0.6 is 0 Å². The van der Waals surface area contributed by atoms with Gasteiger partial charge in [-0.25, -0.2) is 4.79 Å². The highest BCUT2D eigenvalue weighted by Crippen LogP contribution is 2.17. The Bertz CT molecular complexity index is 378. The third kappa shape index (κ3) is 4.35. The van der Waals surface area contributed by atoms with Crippen molar-refractivity contribution in [3.05, 3.63) is 0 Å². The summed E-state index contributed by atoms with van der Waals surface area (Å²) in [4.78, 5) is 28.3. The SMILES string of the molecule is CCN(CC)C(=O)N1CCC[C@H](CNC(=O)[C@H]2CCCN2)C1. The minimum Gasteiger partial charge on any atom is -0.354 e. The Morgan fingerprint density at radius 3 is 2.64 bits per heavy atom. The summed E-state index contributed by atoms with van der Waals surface area (Å²) in [7, 11) is 0. The van der Waals surface area contributed by atoms with Crippen molar-refractivity contribution in [2.24, 2.45) is 5.92 Å². The van der Waals surface area contributed by atoms with Gasteiger partial charge in [0.1, 0.15) is 0 Å². The number of carbonyl (C=O) groups is 2. The Labute approximate surface area is 133 Å². The van der Waals surface area contributed by atoms with Crippen LogP contribution in [0.2, 0.25) is 0 Å². The number of nitrogens with one attached hydrogen (secondary N) is 2. The van der Waals surface area contributed by atoms with Gasteiger partial charge in [0.05, 0.1) is 6.04 Å². The molecule has 0 radical (unpaired) electrons. The molecule has 6 heteroatoms. The predicted molar refractivity (Wildman–Crippen MR) is 86.6 cm³/mol. The molecule has 2 heterocycles. The van der Waals surface area contributed by atoms with Gasteiger partial charge in [-0.3, -0.25) is 4.79 Å². The number of hydrogen-bond donors (Lipinski definition) is 2. The van der Waals surface area contributed by atoms with Crippen LogP contribution in [0.25, 0.3) is 0 Å². The first-order valence-corrected chi connectivity index (χ1v) is 8.70. The second-order valence-corrected chi connectivity index (χ2v) is 6.30. The summed E-state index contributed by atoms with van der Waals surface area (Å²) in [5.41, 5.74) is 0. The molecule has 22 heavy (non-hydrogen) atoms. The first-order valence-electron chi connectivity index (χ1n) is 8.70. The van der Waals surface area contributed by atoms with Crippen molar-refractivity contribution in [1.82, 2.24) is 20.4 Å². The minimum atomic E-state index is -0.0167. The van der Waals surface area contributed by atoms with Crippen molar-refractivity contribution in [3.8, 4) is 0 Å². The van der Waals surface area contributed by atoms with Crippen molar-refractivity contribution in [1.29, 1.82) is 0 Å². The van der Waals surface area contributed by atoms with Crippen molar-refractivity contribution >= 4 is 11.9 Å². The van der Waals surface area contributed by atoms with Gasteiger partial charge >= 0.3 is 6.03 Å². The molecule has 0 saturated carbocycles. The Morgan fingerprint density at radius 1 is 1.23 bits per heavy atom. The quantitative estimate of drug-likeness (QED) is 0.797.